The van der Waals surface area contributed by atoms with Crippen molar-refractivity contribution in [2.45, 2.75) is 12.2 Å². The molecular weight excluding hydrogens is 284 g/mol. The summed E-state index contributed by atoms with van der Waals surface area (Å²) in [6.45, 7) is 5.34. The molecule has 0 amide bonds. The topological polar surface area (TPSA) is 27.7 Å². The smallest absolute Gasteiger partial charge is 0.119 e. The van der Waals surface area contributed by atoms with Crippen molar-refractivity contribution < 1.29 is 14.2 Å². The normalized spacial score (nSPS) is 24.3. The largest absolute Gasteiger partial charge is 0.491 e. The second kappa shape index (κ2) is 6.19. The van der Waals surface area contributed by atoms with Gasteiger partial charge in [-0.3, -0.25) is 0 Å². The van der Waals surface area contributed by atoms with Crippen LogP contribution in [0.5, 0.6) is 5.75 Å². The zero-order valence-electron chi connectivity index (χ0n) is 9.47. The minimum Gasteiger partial charge on any atom is -0.491 e. The highest BCUT2D eigenvalue weighted by atomic mass is 79.9. The Labute approximate surface area is 109 Å². The fourth-order valence-corrected chi connectivity index (χ4v) is 1.84. The van der Waals surface area contributed by atoms with E-state index in [-0.39, 0.29) is 12.2 Å². The predicted octanol–water partition coefficient (Wildman–Crippen LogP) is 2.80. The summed E-state index contributed by atoms with van der Waals surface area (Å²) in [5.74, 6) is 0.831. The summed E-state index contributed by atoms with van der Waals surface area (Å²) < 4.78 is 17.8. The van der Waals surface area contributed by atoms with Gasteiger partial charge in [-0.05, 0) is 24.3 Å². The van der Waals surface area contributed by atoms with Crippen LogP contribution >= 0.6 is 15.9 Å². The third kappa shape index (κ3) is 3.84. The second-order valence-corrected chi connectivity index (χ2v) is 4.75. The average Bonchev–Trinajstić information content (AvgIpc) is 2.38. The fourth-order valence-electron chi connectivity index (χ4n) is 1.57. The number of ether oxygens (including phenoxy) is 3. The maximum Gasteiger partial charge on any atom is 0.119 e. The zero-order chi connectivity index (χ0) is 12.1. The van der Waals surface area contributed by atoms with E-state index in [4.69, 9.17) is 14.2 Å². The molecule has 17 heavy (non-hydrogen) atoms. The highest BCUT2D eigenvalue weighted by Crippen LogP contribution is 2.17. The van der Waals surface area contributed by atoms with E-state index in [1.807, 2.05) is 24.3 Å². The molecule has 1 saturated heterocycles. The summed E-state index contributed by atoms with van der Waals surface area (Å²) >= 11 is 3.38. The molecule has 2 atom stereocenters. The molecule has 1 heterocycles. The minimum atomic E-state index is -0.0320. The summed E-state index contributed by atoms with van der Waals surface area (Å²) in [7, 11) is 0. The number of benzene rings is 1. The van der Waals surface area contributed by atoms with Crippen molar-refractivity contribution in [3.63, 3.8) is 0 Å². The average molecular weight is 299 g/mol. The van der Waals surface area contributed by atoms with Crippen molar-refractivity contribution >= 4 is 15.9 Å². The Kier molecular flexibility index (Phi) is 4.59. The number of hydrogen-bond donors (Lipinski definition) is 0. The summed E-state index contributed by atoms with van der Waals surface area (Å²) in [5.41, 5.74) is 0. The lowest BCUT2D eigenvalue weighted by Gasteiger charge is -2.28. The van der Waals surface area contributed by atoms with Gasteiger partial charge in [0.25, 0.3) is 0 Å². The first kappa shape index (κ1) is 12.6. The standard InChI is InChI=1S/C13H15BrO3/c1-2-11-7-15-8-13(17-11)9-16-12-5-3-10(14)4-6-12/h2-6,11,13H,1,7-9H2. The SMILES string of the molecule is C=CC1COCC(COc2ccc(Br)cc2)O1. The summed E-state index contributed by atoms with van der Waals surface area (Å²) in [6.07, 6.45) is 1.70. The van der Waals surface area contributed by atoms with Crippen LogP contribution in [-0.2, 0) is 9.47 Å². The Balaban J connectivity index is 1.81. The zero-order valence-corrected chi connectivity index (χ0v) is 11.1. The van der Waals surface area contributed by atoms with Gasteiger partial charge in [0.05, 0.1) is 19.3 Å². The summed E-state index contributed by atoms with van der Waals surface area (Å²) in [5, 5.41) is 0. The van der Waals surface area contributed by atoms with E-state index < -0.39 is 0 Å². The van der Waals surface area contributed by atoms with Gasteiger partial charge in [-0.2, -0.15) is 0 Å². The molecule has 1 aliphatic rings. The van der Waals surface area contributed by atoms with Gasteiger partial charge in [0.1, 0.15) is 18.5 Å². The number of rotatable bonds is 4. The highest BCUT2D eigenvalue weighted by molar-refractivity contribution is 9.10. The maximum absolute atomic E-state index is 5.70. The molecule has 0 radical (unpaired) electrons. The van der Waals surface area contributed by atoms with Crippen LogP contribution in [0.2, 0.25) is 0 Å². The molecule has 0 N–H and O–H groups in total. The molecule has 0 spiro atoms. The van der Waals surface area contributed by atoms with Crippen LogP contribution in [0.25, 0.3) is 0 Å². The Morgan fingerprint density at radius 2 is 2.12 bits per heavy atom. The van der Waals surface area contributed by atoms with Crippen LogP contribution in [0.4, 0.5) is 0 Å². The third-order valence-electron chi connectivity index (χ3n) is 2.47. The van der Waals surface area contributed by atoms with Crippen LogP contribution in [0, 0.1) is 0 Å². The van der Waals surface area contributed by atoms with Crippen LogP contribution in [-0.4, -0.2) is 32.0 Å². The van der Waals surface area contributed by atoms with Gasteiger partial charge in [0.2, 0.25) is 0 Å². The van der Waals surface area contributed by atoms with Gasteiger partial charge in [-0.25, -0.2) is 0 Å². The molecule has 0 aliphatic carbocycles. The van der Waals surface area contributed by atoms with Crippen molar-refractivity contribution in [1.82, 2.24) is 0 Å². The molecule has 1 fully saturated rings. The van der Waals surface area contributed by atoms with Crippen LogP contribution in [0.15, 0.2) is 41.4 Å². The highest BCUT2D eigenvalue weighted by Gasteiger charge is 2.21. The first-order chi connectivity index (χ1) is 8.28. The van der Waals surface area contributed by atoms with Gasteiger partial charge in [0.15, 0.2) is 0 Å². The minimum absolute atomic E-state index is 0.0257. The molecule has 2 unspecified atom stereocenters. The van der Waals surface area contributed by atoms with Gasteiger partial charge in [-0.15, -0.1) is 6.58 Å². The molecule has 0 aromatic heterocycles. The van der Waals surface area contributed by atoms with Crippen molar-refractivity contribution in [3.8, 4) is 5.75 Å². The third-order valence-corrected chi connectivity index (χ3v) is 2.99. The summed E-state index contributed by atoms with van der Waals surface area (Å²) in [6, 6.07) is 7.72. The molecule has 3 nitrogen and oxygen atoms in total. The molecule has 4 heteroatoms. The second-order valence-electron chi connectivity index (χ2n) is 3.83. The first-order valence-electron chi connectivity index (χ1n) is 5.52. The molecule has 0 bridgehead atoms. The van der Waals surface area contributed by atoms with E-state index in [1.54, 1.807) is 6.08 Å². The molecule has 0 saturated carbocycles. The van der Waals surface area contributed by atoms with Crippen LogP contribution < -0.4 is 4.74 Å². The van der Waals surface area contributed by atoms with Gasteiger partial charge in [-0.1, -0.05) is 22.0 Å². The Morgan fingerprint density at radius 3 is 2.82 bits per heavy atom. The number of halogens is 1. The first-order valence-corrected chi connectivity index (χ1v) is 6.31. The predicted molar refractivity (Wildman–Crippen MR) is 69.3 cm³/mol. The lowest BCUT2D eigenvalue weighted by Crippen LogP contribution is -2.38. The molecular formula is C13H15BrO3. The van der Waals surface area contributed by atoms with Crippen molar-refractivity contribution in [2.75, 3.05) is 19.8 Å². The lowest BCUT2D eigenvalue weighted by molar-refractivity contribution is -0.130. The molecule has 1 aliphatic heterocycles. The van der Waals surface area contributed by atoms with Gasteiger partial charge in [0, 0.05) is 4.47 Å². The van der Waals surface area contributed by atoms with Crippen LogP contribution in [0.1, 0.15) is 0 Å². The fraction of sp³-hybridized carbons (Fsp3) is 0.385. The Hall–Kier alpha value is -0.840. The van der Waals surface area contributed by atoms with Gasteiger partial charge >= 0.3 is 0 Å². The monoisotopic (exact) mass is 298 g/mol. The Bertz CT molecular complexity index is 363. The van der Waals surface area contributed by atoms with E-state index in [0.29, 0.717) is 19.8 Å². The van der Waals surface area contributed by atoms with Crippen molar-refractivity contribution in [1.29, 1.82) is 0 Å². The van der Waals surface area contributed by atoms with E-state index in [0.717, 1.165) is 10.2 Å². The van der Waals surface area contributed by atoms with E-state index in [9.17, 15) is 0 Å². The van der Waals surface area contributed by atoms with Gasteiger partial charge < -0.3 is 14.2 Å². The Morgan fingerprint density at radius 1 is 1.35 bits per heavy atom. The molecule has 1 aromatic rings. The van der Waals surface area contributed by atoms with E-state index >= 15 is 0 Å². The summed E-state index contributed by atoms with van der Waals surface area (Å²) in [4.78, 5) is 0. The number of hydrogen-bond acceptors (Lipinski definition) is 3. The molecule has 1 aromatic carbocycles. The molecule has 92 valence electrons. The quantitative estimate of drug-likeness (QED) is 0.800. The lowest BCUT2D eigenvalue weighted by atomic mass is 10.3. The van der Waals surface area contributed by atoms with Crippen molar-refractivity contribution in [2.24, 2.45) is 0 Å². The van der Waals surface area contributed by atoms with Crippen molar-refractivity contribution in [3.05, 3.63) is 41.4 Å². The van der Waals surface area contributed by atoms with E-state index in [1.165, 1.54) is 0 Å². The van der Waals surface area contributed by atoms with Crippen LogP contribution in [0.3, 0.4) is 0 Å². The maximum atomic E-state index is 5.70. The molecule has 2 rings (SSSR count). The van der Waals surface area contributed by atoms with E-state index in [2.05, 4.69) is 22.5 Å².